The molecule has 10 rings (SSSR count). The van der Waals surface area contributed by atoms with Crippen LogP contribution in [0.4, 0.5) is 9.59 Å². The second kappa shape index (κ2) is 20.6. The fourth-order valence-electron chi connectivity index (χ4n) is 9.53. The molecule has 2 aromatic carbocycles. The van der Waals surface area contributed by atoms with E-state index in [9.17, 15) is 9.59 Å². The minimum absolute atomic E-state index is 0.0119. The van der Waals surface area contributed by atoms with Gasteiger partial charge >= 0.3 is 12.2 Å². The molecule has 67 heavy (non-hydrogen) atoms. The molecule has 3 saturated heterocycles. The van der Waals surface area contributed by atoms with Crippen LogP contribution in [-0.4, -0.2) is 94.5 Å². The van der Waals surface area contributed by atoms with Crippen molar-refractivity contribution in [3.63, 3.8) is 0 Å². The number of amides is 2. The topological polar surface area (TPSA) is 158 Å². The molecule has 0 unspecified atom stereocenters. The molecular weight excluding hydrogens is 962 g/mol. The lowest BCUT2D eigenvalue weighted by Crippen LogP contribution is -2.40. The van der Waals surface area contributed by atoms with Gasteiger partial charge in [0.05, 0.1) is 45.2 Å². The van der Waals surface area contributed by atoms with Gasteiger partial charge in [0.1, 0.15) is 34.1 Å². The first-order chi connectivity index (χ1) is 31.8. The molecule has 4 aromatic rings. The van der Waals surface area contributed by atoms with Gasteiger partial charge in [-0.05, 0) is 116 Å². The highest BCUT2D eigenvalue weighted by Gasteiger charge is 2.47. The minimum atomic E-state index is -0.517. The fraction of sp³-hybridized carbons (Fsp3) is 0.592. The lowest BCUT2D eigenvalue weighted by atomic mass is 9.98. The van der Waals surface area contributed by atoms with Crippen molar-refractivity contribution in [3.05, 3.63) is 79.1 Å². The van der Waals surface area contributed by atoms with Crippen molar-refractivity contribution in [1.29, 1.82) is 0 Å². The van der Waals surface area contributed by atoms with E-state index in [1.807, 2.05) is 64.6 Å². The predicted octanol–water partition coefficient (Wildman–Crippen LogP) is 12.1. The zero-order chi connectivity index (χ0) is 47.9. The Labute approximate surface area is 417 Å². The van der Waals surface area contributed by atoms with E-state index in [0.29, 0.717) is 98.4 Å². The standard InChI is InChI=1S/C24H29Cl2N3O4.C13H10Cl3NO.C12H22N2O2/c1-24(2,3)32-23(30)29-10-15-18(12-31-19(15)11-29)27-9-14-21(28-33-22(14)13-7-8-13)20-16(25)5-4-6-17(20)26;14-6-8-12(17-18-13(8)7-4-5-7)11-9(15)2-1-3-10(11)16;1-12(2,3)16-11(15)14-6-8-4-5-10(13)9(8)7-14/h4-6,13,15,18-19,27H,7-12H2,1-3H3;1-3,7H,4-6H2;8-10H,4-7,13H2,1-3H3/t15-,18+,19-;;8-,9+,10+/m0.0/s1. The summed E-state index contributed by atoms with van der Waals surface area (Å²) in [5, 5.41) is 14.3. The Bertz CT molecular complexity index is 2370. The highest BCUT2D eigenvalue weighted by molar-refractivity contribution is 6.39. The van der Waals surface area contributed by atoms with E-state index >= 15 is 0 Å². The maximum absolute atomic E-state index is 12.5. The highest BCUT2D eigenvalue weighted by atomic mass is 35.5. The number of halogens is 5. The summed E-state index contributed by atoms with van der Waals surface area (Å²) in [5.41, 5.74) is 9.78. The molecular formula is C49H61Cl5N6O7. The van der Waals surface area contributed by atoms with Crippen molar-refractivity contribution in [1.82, 2.24) is 25.4 Å². The Hall–Kier alpha value is -3.27. The Morgan fingerprint density at radius 3 is 1.66 bits per heavy atom. The van der Waals surface area contributed by atoms with E-state index in [2.05, 4.69) is 15.6 Å². The van der Waals surface area contributed by atoms with Crippen LogP contribution in [0.25, 0.3) is 22.5 Å². The van der Waals surface area contributed by atoms with E-state index in [1.54, 1.807) is 23.1 Å². The number of ether oxygens (including phenoxy) is 3. The quantitative estimate of drug-likeness (QED) is 0.162. The number of carbonyl (C=O) groups is 2. The Kier molecular flexibility index (Phi) is 15.4. The van der Waals surface area contributed by atoms with E-state index in [4.69, 9.17) is 87.0 Å². The molecule has 0 radical (unpaired) electrons. The first-order valence-corrected chi connectivity index (χ1v) is 25.3. The molecule has 2 aromatic heterocycles. The Balaban J connectivity index is 0.000000150. The molecule has 0 bridgehead atoms. The lowest BCUT2D eigenvalue weighted by Gasteiger charge is -2.25. The summed E-state index contributed by atoms with van der Waals surface area (Å²) in [6.45, 7) is 15.3. The summed E-state index contributed by atoms with van der Waals surface area (Å²) in [7, 11) is 0. The Morgan fingerprint density at radius 2 is 1.18 bits per heavy atom. The van der Waals surface area contributed by atoms with Crippen LogP contribution in [0, 0.1) is 17.8 Å². The number of nitrogens with two attached hydrogens (primary N) is 1. The maximum Gasteiger partial charge on any atom is 0.410 e. The lowest BCUT2D eigenvalue weighted by molar-refractivity contribution is 0.0227. The number of benzene rings is 2. The average molecular weight is 1020 g/mol. The van der Waals surface area contributed by atoms with Gasteiger partial charge in [0.25, 0.3) is 0 Å². The monoisotopic (exact) mass is 1020 g/mol. The summed E-state index contributed by atoms with van der Waals surface area (Å²) in [6.07, 6.45) is 6.27. The minimum Gasteiger partial charge on any atom is -0.444 e. The number of carbonyl (C=O) groups excluding carboxylic acids is 2. The molecule has 2 amide bonds. The summed E-state index contributed by atoms with van der Waals surface area (Å²) < 4.78 is 28.1. The largest absolute Gasteiger partial charge is 0.444 e. The van der Waals surface area contributed by atoms with Crippen molar-refractivity contribution in [2.24, 2.45) is 23.5 Å². The first-order valence-electron chi connectivity index (χ1n) is 23.3. The summed E-state index contributed by atoms with van der Waals surface area (Å²) >= 11 is 31.3. The van der Waals surface area contributed by atoms with Crippen molar-refractivity contribution in [2.75, 3.05) is 32.8 Å². The SMILES string of the molecule is CC(C)(C)OC(=O)N1C[C@@H]2CC[C@@H](N)[C@@H]2C1.CC(C)(C)OC(=O)N1C[C@@H]2[C@H](C1)OC[C@H]2NCc1c(-c2c(Cl)cccc2Cl)noc1C1CC1.ClCc1c(-c2c(Cl)cccc2Cl)noc1C1CC1. The number of hydrogen-bond donors (Lipinski definition) is 2. The molecule has 6 atom stereocenters. The van der Waals surface area contributed by atoms with E-state index in [1.165, 1.54) is 0 Å². The number of nitrogens with zero attached hydrogens (tertiary/aromatic N) is 4. The molecule has 3 aliphatic carbocycles. The van der Waals surface area contributed by atoms with Crippen molar-refractivity contribution in [3.8, 4) is 22.5 Å². The number of rotatable bonds is 8. The molecule has 6 fully saturated rings. The Morgan fingerprint density at radius 1 is 0.701 bits per heavy atom. The van der Waals surface area contributed by atoms with Gasteiger partial charge in [-0.2, -0.15) is 0 Å². The normalized spacial score (nSPS) is 24.4. The number of aromatic nitrogens is 2. The number of fused-ring (bicyclic) bond motifs is 2. The molecule has 13 nitrogen and oxygen atoms in total. The fourth-order valence-corrected chi connectivity index (χ4v) is 10.9. The van der Waals surface area contributed by atoms with Crippen molar-refractivity contribution >= 4 is 70.2 Å². The summed E-state index contributed by atoms with van der Waals surface area (Å²) in [4.78, 5) is 27.9. The predicted molar refractivity (Wildman–Crippen MR) is 261 cm³/mol. The van der Waals surface area contributed by atoms with Gasteiger partial charge in [-0.25, -0.2) is 9.59 Å². The van der Waals surface area contributed by atoms with Crippen LogP contribution in [0.1, 0.15) is 115 Å². The molecule has 3 N–H and O–H groups in total. The smallest absolute Gasteiger partial charge is 0.410 e. The van der Waals surface area contributed by atoms with Gasteiger partial charge in [0.2, 0.25) is 0 Å². The number of hydrogen-bond acceptors (Lipinski definition) is 11. The van der Waals surface area contributed by atoms with Gasteiger partial charge < -0.3 is 44.1 Å². The maximum atomic E-state index is 12.5. The van der Waals surface area contributed by atoms with Crippen LogP contribution >= 0.6 is 58.0 Å². The van der Waals surface area contributed by atoms with Crippen LogP contribution in [0.15, 0.2) is 45.4 Å². The number of alkyl halides is 1. The molecule has 3 saturated carbocycles. The zero-order valence-corrected chi connectivity index (χ0v) is 42.7. The molecule has 18 heteroatoms. The third-order valence-corrected chi connectivity index (χ3v) is 14.7. The van der Waals surface area contributed by atoms with Crippen LogP contribution in [-0.2, 0) is 26.6 Å². The zero-order valence-electron chi connectivity index (χ0n) is 38.9. The molecule has 3 aliphatic heterocycles. The second-order valence-electron chi connectivity index (χ2n) is 20.6. The summed E-state index contributed by atoms with van der Waals surface area (Å²) in [5.74, 6) is 4.30. The van der Waals surface area contributed by atoms with Crippen molar-refractivity contribution in [2.45, 2.75) is 134 Å². The first kappa shape index (κ1) is 50.1. The van der Waals surface area contributed by atoms with Crippen LogP contribution in [0.2, 0.25) is 20.1 Å². The average Bonchev–Trinajstić information content (AvgIpc) is 3.90. The second-order valence-corrected chi connectivity index (χ2v) is 22.5. The van der Waals surface area contributed by atoms with Gasteiger partial charge in [-0.15, -0.1) is 11.6 Å². The third-order valence-electron chi connectivity index (χ3n) is 13.1. The van der Waals surface area contributed by atoms with E-state index in [-0.39, 0.29) is 36.3 Å². The molecule has 364 valence electrons. The number of likely N-dealkylation sites (tertiary alicyclic amines) is 2. The van der Waals surface area contributed by atoms with Gasteiger partial charge in [0, 0.05) is 78.3 Å². The van der Waals surface area contributed by atoms with Gasteiger partial charge in [0.15, 0.2) is 0 Å². The van der Waals surface area contributed by atoms with Crippen LogP contribution in [0.3, 0.4) is 0 Å². The van der Waals surface area contributed by atoms with Gasteiger partial charge in [-0.1, -0.05) is 68.8 Å². The highest BCUT2D eigenvalue weighted by Crippen LogP contribution is 2.48. The van der Waals surface area contributed by atoms with Crippen molar-refractivity contribution < 1.29 is 32.8 Å². The van der Waals surface area contributed by atoms with E-state index in [0.717, 1.165) is 74.3 Å². The summed E-state index contributed by atoms with van der Waals surface area (Å²) in [6, 6.07) is 11.2. The van der Waals surface area contributed by atoms with Gasteiger partial charge in [-0.3, -0.25) is 0 Å². The molecule has 6 aliphatic rings. The number of nitrogens with one attached hydrogen (secondary N) is 1. The molecule has 5 heterocycles. The van der Waals surface area contributed by atoms with E-state index < -0.39 is 11.2 Å². The third kappa shape index (κ3) is 11.8. The molecule has 0 spiro atoms. The van der Waals surface area contributed by atoms with Crippen LogP contribution in [0.5, 0.6) is 0 Å². The van der Waals surface area contributed by atoms with Crippen LogP contribution < -0.4 is 11.1 Å².